The van der Waals surface area contributed by atoms with E-state index < -0.39 is 0 Å². The van der Waals surface area contributed by atoms with E-state index in [1.165, 1.54) is 18.4 Å². The van der Waals surface area contributed by atoms with Gasteiger partial charge in [-0.2, -0.15) is 0 Å². The van der Waals surface area contributed by atoms with Gasteiger partial charge in [-0.25, -0.2) is 9.78 Å². The molecule has 6 heteroatoms. The van der Waals surface area contributed by atoms with Crippen LogP contribution in [0.15, 0.2) is 0 Å². The monoisotopic (exact) mass is 284 g/mol. The van der Waals surface area contributed by atoms with Crippen molar-refractivity contribution in [2.24, 2.45) is 5.92 Å². The van der Waals surface area contributed by atoms with Crippen LogP contribution in [0.5, 0.6) is 0 Å². The van der Waals surface area contributed by atoms with Crippen LogP contribution < -0.4 is 4.90 Å². The van der Waals surface area contributed by atoms with Crippen LogP contribution in [0, 0.1) is 12.8 Å². The van der Waals surface area contributed by atoms with E-state index in [-0.39, 0.29) is 12.1 Å². The van der Waals surface area contributed by atoms with Gasteiger partial charge < -0.3 is 14.4 Å². The zero-order valence-corrected chi connectivity index (χ0v) is 12.6. The molecule has 2 unspecified atom stereocenters. The lowest BCUT2D eigenvalue weighted by Crippen LogP contribution is -2.43. The van der Waals surface area contributed by atoms with Gasteiger partial charge in [0.15, 0.2) is 5.13 Å². The summed E-state index contributed by atoms with van der Waals surface area (Å²) in [7, 11) is 3.14. The van der Waals surface area contributed by atoms with Gasteiger partial charge in [-0.15, -0.1) is 0 Å². The number of aromatic nitrogens is 1. The summed E-state index contributed by atoms with van der Waals surface area (Å²) in [6, 6.07) is 0. The van der Waals surface area contributed by atoms with Crippen LogP contribution in [0.3, 0.4) is 0 Å². The van der Waals surface area contributed by atoms with Crippen molar-refractivity contribution in [3.8, 4) is 0 Å². The first-order valence-electron chi connectivity index (χ1n) is 6.40. The highest BCUT2D eigenvalue weighted by atomic mass is 32.1. The molecular formula is C13H20N2O3S. The Kier molecular flexibility index (Phi) is 4.42. The molecule has 0 N–H and O–H groups in total. The largest absolute Gasteiger partial charge is 0.465 e. The maximum atomic E-state index is 11.6. The Morgan fingerprint density at radius 2 is 2.21 bits per heavy atom. The highest BCUT2D eigenvalue weighted by molar-refractivity contribution is 7.17. The van der Waals surface area contributed by atoms with E-state index >= 15 is 0 Å². The Bertz CT molecular complexity index is 461. The zero-order chi connectivity index (χ0) is 14.0. The Morgan fingerprint density at radius 3 is 2.84 bits per heavy atom. The first kappa shape index (κ1) is 14.3. The summed E-state index contributed by atoms with van der Waals surface area (Å²) < 4.78 is 10.3. The number of hydrogen-bond acceptors (Lipinski definition) is 6. The van der Waals surface area contributed by atoms with Crippen LogP contribution in [0.25, 0.3) is 0 Å². The van der Waals surface area contributed by atoms with Gasteiger partial charge in [-0.3, -0.25) is 0 Å². The van der Waals surface area contributed by atoms with E-state index in [4.69, 9.17) is 9.47 Å². The summed E-state index contributed by atoms with van der Waals surface area (Å²) in [6.07, 6.45) is 1.30. The molecule has 0 radical (unpaired) electrons. The number of methoxy groups -OCH3 is 2. The van der Waals surface area contributed by atoms with E-state index in [9.17, 15) is 4.79 Å². The molecule has 2 atom stereocenters. The van der Waals surface area contributed by atoms with E-state index in [2.05, 4.69) is 16.8 Å². The van der Waals surface area contributed by atoms with Crippen molar-refractivity contribution in [3.63, 3.8) is 0 Å². The fourth-order valence-electron chi connectivity index (χ4n) is 2.31. The van der Waals surface area contributed by atoms with Crippen molar-refractivity contribution in [1.29, 1.82) is 0 Å². The molecular weight excluding hydrogens is 264 g/mol. The smallest absolute Gasteiger partial charge is 0.350 e. The predicted octanol–water partition coefficient (Wildman–Crippen LogP) is 2.10. The molecule has 1 aromatic heterocycles. The molecule has 1 fully saturated rings. The molecule has 0 bridgehead atoms. The number of piperidine rings is 1. The minimum absolute atomic E-state index is 0.222. The maximum absolute atomic E-state index is 11.6. The highest BCUT2D eigenvalue weighted by Crippen LogP contribution is 2.30. The number of carbonyl (C=O) groups is 1. The number of ether oxygens (including phenoxy) is 2. The lowest BCUT2D eigenvalue weighted by atomic mass is 9.96. The molecule has 2 rings (SSSR count). The van der Waals surface area contributed by atoms with Gasteiger partial charge in [-0.1, -0.05) is 18.3 Å². The lowest BCUT2D eigenvalue weighted by molar-refractivity contribution is 0.0498. The van der Waals surface area contributed by atoms with Crippen LogP contribution in [-0.4, -0.2) is 44.4 Å². The number of aryl methyl sites for hydroxylation is 1. The number of rotatable bonds is 3. The third-order valence-electron chi connectivity index (χ3n) is 3.62. The average Bonchev–Trinajstić information content (AvgIpc) is 2.80. The second-order valence-corrected chi connectivity index (χ2v) is 5.87. The minimum atomic E-state index is -0.310. The summed E-state index contributed by atoms with van der Waals surface area (Å²) in [5.74, 6) is 0.248. The fraction of sp³-hybridized carbons (Fsp3) is 0.692. The average molecular weight is 284 g/mol. The third kappa shape index (κ3) is 2.90. The van der Waals surface area contributed by atoms with Crippen LogP contribution in [0.1, 0.15) is 28.7 Å². The summed E-state index contributed by atoms with van der Waals surface area (Å²) in [6.45, 7) is 5.82. The second-order valence-electron chi connectivity index (χ2n) is 4.89. The SMILES string of the molecule is COC(=O)c1sc(N2CCC(C)C(OC)C2)nc1C. The van der Waals surface area contributed by atoms with Gasteiger partial charge in [0.05, 0.1) is 18.9 Å². The summed E-state index contributed by atoms with van der Waals surface area (Å²) in [5, 5.41) is 0.881. The van der Waals surface area contributed by atoms with Crippen molar-refractivity contribution in [2.45, 2.75) is 26.4 Å². The number of hydrogen-bond donors (Lipinski definition) is 0. The maximum Gasteiger partial charge on any atom is 0.350 e. The lowest BCUT2D eigenvalue weighted by Gasteiger charge is -2.36. The standard InChI is InChI=1S/C13H20N2O3S/c1-8-5-6-15(7-10(8)17-3)13-14-9(2)11(19-13)12(16)18-4/h8,10H,5-7H2,1-4H3. The topological polar surface area (TPSA) is 51.7 Å². The molecule has 1 aliphatic heterocycles. The zero-order valence-electron chi connectivity index (χ0n) is 11.8. The fourth-order valence-corrected chi connectivity index (χ4v) is 3.33. The van der Waals surface area contributed by atoms with Crippen molar-refractivity contribution < 1.29 is 14.3 Å². The molecule has 106 valence electrons. The molecule has 0 aromatic carbocycles. The Morgan fingerprint density at radius 1 is 1.47 bits per heavy atom. The van der Waals surface area contributed by atoms with Crippen LogP contribution >= 0.6 is 11.3 Å². The van der Waals surface area contributed by atoms with Gasteiger partial charge in [0.25, 0.3) is 0 Å². The van der Waals surface area contributed by atoms with E-state index in [1.807, 2.05) is 6.92 Å². The summed E-state index contributed by atoms with van der Waals surface area (Å²) in [4.78, 5) is 18.9. The molecule has 1 aliphatic rings. The minimum Gasteiger partial charge on any atom is -0.465 e. The van der Waals surface area contributed by atoms with Gasteiger partial charge in [0, 0.05) is 20.2 Å². The quantitative estimate of drug-likeness (QED) is 0.796. The third-order valence-corrected chi connectivity index (χ3v) is 4.82. The van der Waals surface area contributed by atoms with Crippen molar-refractivity contribution in [3.05, 3.63) is 10.6 Å². The Labute approximate surface area is 117 Å². The normalized spacial score (nSPS) is 23.5. The van der Waals surface area contributed by atoms with E-state index in [0.29, 0.717) is 10.8 Å². The Hall–Kier alpha value is -1.14. The van der Waals surface area contributed by atoms with Gasteiger partial charge in [0.1, 0.15) is 4.88 Å². The first-order valence-corrected chi connectivity index (χ1v) is 7.22. The molecule has 2 heterocycles. The van der Waals surface area contributed by atoms with E-state index in [0.717, 1.165) is 30.3 Å². The molecule has 19 heavy (non-hydrogen) atoms. The summed E-state index contributed by atoms with van der Waals surface area (Å²) >= 11 is 1.40. The van der Waals surface area contributed by atoms with E-state index in [1.54, 1.807) is 7.11 Å². The van der Waals surface area contributed by atoms with Gasteiger partial charge in [0.2, 0.25) is 0 Å². The van der Waals surface area contributed by atoms with Crippen molar-refractivity contribution in [1.82, 2.24) is 4.98 Å². The van der Waals surface area contributed by atoms with Gasteiger partial charge in [-0.05, 0) is 19.3 Å². The van der Waals surface area contributed by atoms with Crippen molar-refractivity contribution >= 4 is 22.4 Å². The van der Waals surface area contributed by atoms with Gasteiger partial charge >= 0.3 is 5.97 Å². The number of thiazole rings is 1. The number of nitrogens with zero attached hydrogens (tertiary/aromatic N) is 2. The first-order chi connectivity index (χ1) is 9.06. The molecule has 0 amide bonds. The number of anilines is 1. The van der Waals surface area contributed by atoms with Crippen LogP contribution in [-0.2, 0) is 9.47 Å². The van der Waals surface area contributed by atoms with Crippen LogP contribution in [0.2, 0.25) is 0 Å². The highest BCUT2D eigenvalue weighted by Gasteiger charge is 2.28. The number of esters is 1. The van der Waals surface area contributed by atoms with Crippen LogP contribution in [0.4, 0.5) is 5.13 Å². The molecule has 1 aromatic rings. The number of carbonyl (C=O) groups excluding carboxylic acids is 1. The second kappa shape index (κ2) is 5.88. The molecule has 0 aliphatic carbocycles. The summed E-state index contributed by atoms with van der Waals surface area (Å²) in [5.41, 5.74) is 0.736. The molecule has 5 nitrogen and oxygen atoms in total. The van der Waals surface area contributed by atoms with Crippen molar-refractivity contribution in [2.75, 3.05) is 32.2 Å². The predicted molar refractivity (Wildman–Crippen MR) is 75.0 cm³/mol. The Balaban J connectivity index is 2.16. The molecule has 0 spiro atoms. The molecule has 0 saturated carbocycles. The molecule has 1 saturated heterocycles.